The Hall–Kier alpha value is -1.29. The highest BCUT2D eigenvalue weighted by Gasteiger charge is 2.34. The largest absolute Gasteiger partial charge is 0.381 e. The highest BCUT2D eigenvalue weighted by atomic mass is 15.2. The van der Waals surface area contributed by atoms with Crippen molar-refractivity contribution in [2.45, 2.75) is 31.7 Å². The minimum Gasteiger partial charge on any atom is -0.381 e. The van der Waals surface area contributed by atoms with Gasteiger partial charge in [-0.25, -0.2) is 4.98 Å². The first-order valence-electron chi connectivity index (χ1n) is 8.08. The number of rotatable bonds is 3. The second kappa shape index (κ2) is 5.24. The topological polar surface area (TPSA) is 31.4 Å². The quantitative estimate of drug-likeness (QED) is 0.914. The Balaban J connectivity index is 1.41. The maximum absolute atomic E-state index is 4.64. The molecule has 0 aromatic carbocycles. The van der Waals surface area contributed by atoms with E-state index >= 15 is 0 Å². The predicted molar refractivity (Wildman–Crippen MR) is 82.3 cm³/mol. The van der Waals surface area contributed by atoms with Crippen LogP contribution in [0.5, 0.6) is 0 Å². The molecule has 2 bridgehead atoms. The molecule has 1 aromatic heterocycles. The molecule has 4 heterocycles. The Kier molecular flexibility index (Phi) is 3.26. The van der Waals surface area contributed by atoms with Crippen LogP contribution in [0.15, 0.2) is 18.3 Å². The molecule has 0 saturated carbocycles. The van der Waals surface area contributed by atoms with Gasteiger partial charge in [0.1, 0.15) is 5.82 Å². The molecule has 3 aliphatic rings. The van der Waals surface area contributed by atoms with Gasteiger partial charge in [0.25, 0.3) is 0 Å². The molecule has 0 amide bonds. The number of anilines is 2. The fourth-order valence-corrected chi connectivity index (χ4v) is 3.96. The van der Waals surface area contributed by atoms with E-state index in [9.17, 15) is 0 Å². The summed E-state index contributed by atoms with van der Waals surface area (Å²) >= 11 is 0. The van der Waals surface area contributed by atoms with Crippen LogP contribution in [0.25, 0.3) is 0 Å². The van der Waals surface area contributed by atoms with Gasteiger partial charge in [-0.15, -0.1) is 0 Å². The SMILES string of the molecule is c1cc(N2CCCC2)ncc1NC1CCN2CCC1C2. The average molecular weight is 272 g/mol. The average Bonchev–Trinajstić information content (AvgIpc) is 3.14. The summed E-state index contributed by atoms with van der Waals surface area (Å²) in [5.41, 5.74) is 1.19. The molecule has 3 atom stereocenters. The Bertz CT molecular complexity index is 452. The molecule has 0 radical (unpaired) electrons. The number of nitrogens with zero attached hydrogens (tertiary/aromatic N) is 3. The van der Waals surface area contributed by atoms with E-state index in [-0.39, 0.29) is 0 Å². The summed E-state index contributed by atoms with van der Waals surface area (Å²) in [6.07, 6.45) is 7.27. The standard InChI is InChI=1S/C16H24N4/c1-2-8-20(7-1)16-4-3-14(11-17-16)18-15-6-10-19-9-5-13(15)12-19/h3-4,11,13,15,18H,1-2,5-10,12H2. The lowest BCUT2D eigenvalue weighted by Gasteiger charge is -2.31. The van der Waals surface area contributed by atoms with Crippen LogP contribution in [0.1, 0.15) is 25.7 Å². The lowest BCUT2D eigenvalue weighted by Crippen LogP contribution is -2.39. The minimum absolute atomic E-state index is 0.646. The molecule has 4 nitrogen and oxygen atoms in total. The number of hydrogen-bond acceptors (Lipinski definition) is 4. The van der Waals surface area contributed by atoms with Crippen molar-refractivity contribution in [2.24, 2.45) is 5.92 Å². The Labute approximate surface area is 121 Å². The number of pyridine rings is 1. The van der Waals surface area contributed by atoms with Crippen LogP contribution in [-0.2, 0) is 0 Å². The first-order chi connectivity index (χ1) is 9.88. The van der Waals surface area contributed by atoms with Crippen molar-refractivity contribution in [1.82, 2.24) is 9.88 Å². The van der Waals surface area contributed by atoms with Gasteiger partial charge in [-0.05, 0) is 50.3 Å². The van der Waals surface area contributed by atoms with Gasteiger partial charge in [-0.2, -0.15) is 0 Å². The molecule has 0 aliphatic carbocycles. The molecule has 4 heteroatoms. The second-order valence-electron chi connectivity index (χ2n) is 6.49. The summed E-state index contributed by atoms with van der Waals surface area (Å²) in [4.78, 5) is 9.62. The van der Waals surface area contributed by atoms with Crippen molar-refractivity contribution in [1.29, 1.82) is 0 Å². The second-order valence-corrected chi connectivity index (χ2v) is 6.49. The van der Waals surface area contributed by atoms with Crippen LogP contribution >= 0.6 is 0 Å². The number of nitrogens with one attached hydrogen (secondary N) is 1. The van der Waals surface area contributed by atoms with E-state index in [1.807, 2.05) is 6.20 Å². The van der Waals surface area contributed by atoms with Crippen LogP contribution in [0.2, 0.25) is 0 Å². The zero-order chi connectivity index (χ0) is 13.4. The fourth-order valence-electron chi connectivity index (χ4n) is 3.96. The van der Waals surface area contributed by atoms with E-state index in [4.69, 9.17) is 0 Å². The molecule has 1 N–H and O–H groups in total. The Morgan fingerprint density at radius 1 is 1.05 bits per heavy atom. The molecule has 4 rings (SSSR count). The molecular weight excluding hydrogens is 248 g/mol. The highest BCUT2D eigenvalue weighted by molar-refractivity contribution is 5.49. The molecule has 3 saturated heterocycles. The van der Waals surface area contributed by atoms with E-state index in [0.29, 0.717) is 6.04 Å². The molecular formula is C16H24N4. The number of aromatic nitrogens is 1. The number of fused-ring (bicyclic) bond motifs is 2. The maximum atomic E-state index is 4.64. The van der Waals surface area contributed by atoms with Gasteiger partial charge >= 0.3 is 0 Å². The smallest absolute Gasteiger partial charge is 0.128 e. The van der Waals surface area contributed by atoms with Gasteiger partial charge in [-0.1, -0.05) is 0 Å². The van der Waals surface area contributed by atoms with Gasteiger partial charge in [0.15, 0.2) is 0 Å². The van der Waals surface area contributed by atoms with E-state index in [1.54, 1.807) is 0 Å². The van der Waals surface area contributed by atoms with Crippen LogP contribution in [0.4, 0.5) is 11.5 Å². The highest BCUT2D eigenvalue weighted by Crippen LogP contribution is 2.29. The van der Waals surface area contributed by atoms with Gasteiger partial charge in [0.2, 0.25) is 0 Å². The lowest BCUT2D eigenvalue weighted by atomic mass is 9.94. The van der Waals surface area contributed by atoms with Crippen LogP contribution < -0.4 is 10.2 Å². The summed E-state index contributed by atoms with van der Waals surface area (Å²) in [5.74, 6) is 1.98. The van der Waals surface area contributed by atoms with Crippen molar-refractivity contribution in [3.63, 3.8) is 0 Å². The number of piperidine rings is 1. The zero-order valence-electron chi connectivity index (χ0n) is 12.1. The lowest BCUT2D eigenvalue weighted by molar-refractivity contribution is 0.255. The Morgan fingerprint density at radius 2 is 1.90 bits per heavy atom. The van der Waals surface area contributed by atoms with Crippen LogP contribution in [-0.4, -0.2) is 48.6 Å². The first-order valence-corrected chi connectivity index (χ1v) is 8.08. The molecule has 3 fully saturated rings. The molecule has 20 heavy (non-hydrogen) atoms. The summed E-state index contributed by atoms with van der Waals surface area (Å²) in [5, 5.41) is 3.72. The molecule has 3 unspecified atom stereocenters. The van der Waals surface area contributed by atoms with Crippen LogP contribution in [0, 0.1) is 5.92 Å². The predicted octanol–water partition coefficient (Wildman–Crippen LogP) is 2.19. The summed E-state index contributed by atoms with van der Waals surface area (Å²) in [6, 6.07) is 5.03. The maximum Gasteiger partial charge on any atom is 0.128 e. The number of hydrogen-bond donors (Lipinski definition) is 1. The van der Waals surface area contributed by atoms with Crippen molar-refractivity contribution in [2.75, 3.05) is 42.9 Å². The third-order valence-electron chi connectivity index (χ3n) is 5.16. The van der Waals surface area contributed by atoms with E-state index in [0.717, 1.165) is 11.7 Å². The van der Waals surface area contributed by atoms with E-state index < -0.39 is 0 Å². The molecule has 108 valence electrons. The van der Waals surface area contributed by atoms with Crippen molar-refractivity contribution in [3.05, 3.63) is 18.3 Å². The third kappa shape index (κ3) is 2.37. The summed E-state index contributed by atoms with van der Waals surface area (Å²) in [6.45, 7) is 6.18. The van der Waals surface area contributed by atoms with Crippen molar-refractivity contribution in [3.8, 4) is 0 Å². The van der Waals surface area contributed by atoms with Gasteiger partial charge < -0.3 is 15.1 Å². The first kappa shape index (κ1) is 12.5. The van der Waals surface area contributed by atoms with Crippen LogP contribution in [0.3, 0.4) is 0 Å². The third-order valence-corrected chi connectivity index (χ3v) is 5.16. The molecule has 0 spiro atoms. The van der Waals surface area contributed by atoms with Gasteiger partial charge in [0, 0.05) is 32.2 Å². The molecule has 1 aromatic rings. The van der Waals surface area contributed by atoms with Crippen molar-refractivity contribution < 1.29 is 0 Å². The van der Waals surface area contributed by atoms with E-state index in [2.05, 4.69) is 32.2 Å². The normalized spacial score (nSPS) is 32.6. The Morgan fingerprint density at radius 3 is 2.70 bits per heavy atom. The fraction of sp³-hybridized carbons (Fsp3) is 0.688. The monoisotopic (exact) mass is 272 g/mol. The zero-order valence-corrected chi connectivity index (χ0v) is 12.1. The van der Waals surface area contributed by atoms with Gasteiger partial charge in [0.05, 0.1) is 11.9 Å². The minimum atomic E-state index is 0.646. The van der Waals surface area contributed by atoms with E-state index in [1.165, 1.54) is 64.1 Å². The summed E-state index contributed by atoms with van der Waals surface area (Å²) in [7, 11) is 0. The summed E-state index contributed by atoms with van der Waals surface area (Å²) < 4.78 is 0. The molecule has 3 aliphatic heterocycles. The van der Waals surface area contributed by atoms with Crippen molar-refractivity contribution >= 4 is 11.5 Å². The van der Waals surface area contributed by atoms with Gasteiger partial charge in [-0.3, -0.25) is 0 Å².